The lowest BCUT2D eigenvalue weighted by Crippen LogP contribution is -1.76. The first-order valence-electron chi connectivity index (χ1n) is 3.09. The summed E-state index contributed by atoms with van der Waals surface area (Å²) in [5, 5.41) is 8.85. The minimum absolute atomic E-state index is 0.643. The van der Waals surface area contributed by atoms with Crippen LogP contribution in [0.5, 0.6) is 0 Å². The Morgan fingerprint density at radius 2 is 2.17 bits per heavy atom. The first kappa shape index (κ1) is 9.13. The van der Waals surface area contributed by atoms with Gasteiger partial charge in [-0.1, -0.05) is 11.6 Å². The van der Waals surface area contributed by atoms with Crippen LogP contribution in [-0.2, 0) is 0 Å². The van der Waals surface area contributed by atoms with Gasteiger partial charge in [0.1, 0.15) is 0 Å². The highest BCUT2D eigenvalue weighted by Gasteiger charge is 1.95. The molecule has 12 heavy (non-hydrogen) atoms. The number of rotatable bonds is 0. The van der Waals surface area contributed by atoms with Gasteiger partial charge in [-0.05, 0) is 40.0 Å². The third-order valence-electron chi connectivity index (χ3n) is 1.18. The Morgan fingerprint density at radius 3 is 2.75 bits per heavy atom. The summed E-state index contributed by atoms with van der Waals surface area (Å²) in [6.07, 6.45) is 0. The molecule has 0 aliphatic rings. The van der Waals surface area contributed by atoms with Crippen molar-refractivity contribution < 1.29 is 0 Å². The number of halogens is 2. The van der Waals surface area contributed by atoms with Crippen LogP contribution >= 0.6 is 27.5 Å². The maximum absolute atomic E-state index is 8.21. The van der Waals surface area contributed by atoms with E-state index in [2.05, 4.69) is 27.8 Å². The van der Waals surface area contributed by atoms with Crippen molar-refractivity contribution in [3.8, 4) is 17.9 Å². The maximum Gasteiger partial charge on any atom is 0.152 e. The van der Waals surface area contributed by atoms with Gasteiger partial charge in [0.05, 0.1) is 0 Å². The molecule has 0 bridgehead atoms. The summed E-state index contributed by atoms with van der Waals surface area (Å²) in [6, 6.07) is 6.97. The standard InChI is InChI=1S/C9H3BrClN/c10-9-6-8(11)4-3-7(9)2-1-5-12/h3-4,6H. The lowest BCUT2D eigenvalue weighted by molar-refractivity contribution is 1.54. The highest BCUT2D eigenvalue weighted by Crippen LogP contribution is 2.20. The molecule has 0 saturated carbocycles. The smallest absolute Gasteiger partial charge is 0.152 e. The summed E-state index contributed by atoms with van der Waals surface area (Å²) in [5.74, 6) is 4.98. The Labute approximate surface area is 84.1 Å². The molecule has 0 radical (unpaired) electrons. The second-order valence-corrected chi connectivity index (χ2v) is 3.28. The van der Waals surface area contributed by atoms with Crippen LogP contribution in [0, 0.1) is 23.2 Å². The van der Waals surface area contributed by atoms with Crippen LogP contribution in [0.3, 0.4) is 0 Å². The van der Waals surface area contributed by atoms with Gasteiger partial charge < -0.3 is 0 Å². The van der Waals surface area contributed by atoms with Crippen LogP contribution in [0.2, 0.25) is 5.02 Å². The average Bonchev–Trinajstić information content (AvgIpc) is 2.03. The van der Waals surface area contributed by atoms with E-state index in [1.807, 2.05) is 0 Å². The van der Waals surface area contributed by atoms with Gasteiger partial charge in [-0.15, -0.1) is 0 Å². The van der Waals surface area contributed by atoms with Crippen LogP contribution in [0.15, 0.2) is 22.7 Å². The zero-order valence-corrected chi connectivity index (χ0v) is 8.28. The van der Waals surface area contributed by atoms with E-state index in [0.717, 1.165) is 10.0 Å². The van der Waals surface area contributed by atoms with E-state index in [9.17, 15) is 0 Å². The van der Waals surface area contributed by atoms with E-state index < -0.39 is 0 Å². The van der Waals surface area contributed by atoms with Crippen molar-refractivity contribution in [2.45, 2.75) is 0 Å². The molecule has 3 heteroatoms. The molecule has 1 aromatic rings. The summed E-state index contributed by atoms with van der Waals surface area (Å²) in [4.78, 5) is 0. The van der Waals surface area contributed by atoms with Crippen LogP contribution in [0.4, 0.5) is 0 Å². The Hall–Kier alpha value is -0.960. The van der Waals surface area contributed by atoms with Crippen molar-refractivity contribution in [1.82, 2.24) is 0 Å². The number of hydrogen-bond acceptors (Lipinski definition) is 1. The Bertz CT molecular complexity index is 395. The van der Waals surface area contributed by atoms with E-state index in [0.29, 0.717) is 5.02 Å². The predicted octanol–water partition coefficient (Wildman–Crippen LogP) is 2.98. The lowest BCUT2D eigenvalue weighted by Gasteiger charge is -1.94. The topological polar surface area (TPSA) is 23.8 Å². The minimum Gasteiger partial charge on any atom is -0.183 e. The summed E-state index contributed by atoms with van der Waals surface area (Å²) < 4.78 is 0.803. The molecule has 0 spiro atoms. The molecule has 1 rings (SSSR count). The molecule has 0 amide bonds. The molecule has 0 N–H and O–H groups in total. The zero-order chi connectivity index (χ0) is 8.97. The molecular weight excluding hydrogens is 237 g/mol. The largest absolute Gasteiger partial charge is 0.183 e. The fourth-order valence-corrected chi connectivity index (χ4v) is 1.47. The highest BCUT2D eigenvalue weighted by molar-refractivity contribution is 9.10. The predicted molar refractivity (Wildman–Crippen MR) is 51.6 cm³/mol. The molecule has 0 atom stereocenters. The molecule has 0 aliphatic heterocycles. The van der Waals surface area contributed by atoms with Crippen LogP contribution in [0.1, 0.15) is 5.56 Å². The minimum atomic E-state index is 0.643. The molecule has 0 unspecified atom stereocenters. The first-order chi connectivity index (χ1) is 5.74. The molecule has 0 saturated heterocycles. The van der Waals surface area contributed by atoms with E-state index in [-0.39, 0.29) is 0 Å². The van der Waals surface area contributed by atoms with Gasteiger partial charge in [-0.25, -0.2) is 0 Å². The summed E-state index contributed by atoms with van der Waals surface area (Å²) >= 11 is 8.99. The molecule has 0 fully saturated rings. The normalized spacial score (nSPS) is 8.08. The van der Waals surface area contributed by atoms with Gasteiger partial charge in [0.25, 0.3) is 0 Å². The fraction of sp³-hybridized carbons (Fsp3) is 0. The molecule has 58 valence electrons. The quantitative estimate of drug-likeness (QED) is 0.640. The van der Waals surface area contributed by atoms with Gasteiger partial charge in [0, 0.05) is 21.0 Å². The van der Waals surface area contributed by atoms with Crippen molar-refractivity contribution in [3.05, 3.63) is 33.3 Å². The molecular formula is C9H3BrClN. The van der Waals surface area contributed by atoms with Gasteiger partial charge in [-0.2, -0.15) is 5.26 Å². The van der Waals surface area contributed by atoms with E-state index in [1.165, 1.54) is 0 Å². The first-order valence-corrected chi connectivity index (χ1v) is 4.26. The van der Waals surface area contributed by atoms with Crippen molar-refractivity contribution in [1.29, 1.82) is 5.26 Å². The Kier molecular flexibility index (Phi) is 3.17. The van der Waals surface area contributed by atoms with Crippen LogP contribution < -0.4 is 0 Å². The van der Waals surface area contributed by atoms with Gasteiger partial charge >= 0.3 is 0 Å². The molecule has 0 heterocycles. The molecule has 0 aromatic heterocycles. The van der Waals surface area contributed by atoms with E-state index in [1.54, 1.807) is 24.3 Å². The van der Waals surface area contributed by atoms with Crippen molar-refractivity contribution in [2.75, 3.05) is 0 Å². The van der Waals surface area contributed by atoms with Crippen molar-refractivity contribution in [2.24, 2.45) is 0 Å². The SMILES string of the molecule is N#CC#Cc1ccc(Cl)cc1Br. The number of nitriles is 1. The third kappa shape index (κ3) is 2.27. The second kappa shape index (κ2) is 4.16. The van der Waals surface area contributed by atoms with E-state index >= 15 is 0 Å². The van der Waals surface area contributed by atoms with Crippen LogP contribution in [-0.4, -0.2) is 0 Å². The average molecular weight is 240 g/mol. The second-order valence-electron chi connectivity index (χ2n) is 1.99. The number of hydrogen-bond donors (Lipinski definition) is 0. The molecule has 0 aliphatic carbocycles. The zero-order valence-electron chi connectivity index (χ0n) is 5.94. The third-order valence-corrected chi connectivity index (χ3v) is 2.08. The van der Waals surface area contributed by atoms with Gasteiger partial charge in [-0.3, -0.25) is 0 Å². The van der Waals surface area contributed by atoms with Crippen LogP contribution in [0.25, 0.3) is 0 Å². The Balaban J connectivity index is 3.12. The van der Waals surface area contributed by atoms with Crippen molar-refractivity contribution in [3.63, 3.8) is 0 Å². The lowest BCUT2D eigenvalue weighted by atomic mass is 10.2. The van der Waals surface area contributed by atoms with Crippen molar-refractivity contribution >= 4 is 27.5 Å². The molecule has 1 nitrogen and oxygen atoms in total. The summed E-state index contributed by atoms with van der Waals surface area (Å²) in [6.45, 7) is 0. The Morgan fingerprint density at radius 1 is 1.42 bits per heavy atom. The maximum atomic E-state index is 8.21. The number of benzene rings is 1. The van der Waals surface area contributed by atoms with Gasteiger partial charge in [0.15, 0.2) is 6.07 Å². The highest BCUT2D eigenvalue weighted by atomic mass is 79.9. The summed E-state index contributed by atoms with van der Waals surface area (Å²) in [5.41, 5.74) is 0.765. The summed E-state index contributed by atoms with van der Waals surface area (Å²) in [7, 11) is 0. The molecule has 1 aromatic carbocycles. The fourth-order valence-electron chi connectivity index (χ4n) is 0.686. The monoisotopic (exact) mass is 239 g/mol. The van der Waals surface area contributed by atoms with Gasteiger partial charge in [0.2, 0.25) is 0 Å². The van der Waals surface area contributed by atoms with E-state index in [4.69, 9.17) is 16.9 Å². The number of nitrogens with zero attached hydrogens (tertiary/aromatic N) is 1.